The molecule has 0 fully saturated rings. The molecular formula is C18H23NO5S. The maximum absolute atomic E-state index is 12.5. The monoisotopic (exact) mass is 365 g/mol. The largest absolute Gasteiger partial charge is 0.493 e. The Morgan fingerprint density at radius 2 is 1.72 bits per heavy atom. The third-order valence-corrected chi connectivity index (χ3v) is 5.46. The van der Waals surface area contributed by atoms with Gasteiger partial charge in [0.2, 0.25) is 10.0 Å². The molecule has 0 bridgehead atoms. The van der Waals surface area contributed by atoms with Gasteiger partial charge < -0.3 is 14.6 Å². The summed E-state index contributed by atoms with van der Waals surface area (Å²) < 4.78 is 37.8. The van der Waals surface area contributed by atoms with Crippen molar-refractivity contribution >= 4 is 10.0 Å². The number of aryl methyl sites for hydroxylation is 2. The lowest BCUT2D eigenvalue weighted by molar-refractivity contribution is 0.181. The van der Waals surface area contributed by atoms with Crippen LogP contribution in [-0.4, -0.2) is 34.3 Å². The van der Waals surface area contributed by atoms with Crippen molar-refractivity contribution in [2.75, 3.05) is 20.8 Å². The van der Waals surface area contributed by atoms with Crippen molar-refractivity contribution in [3.8, 4) is 11.5 Å². The van der Waals surface area contributed by atoms with Crippen molar-refractivity contribution in [1.82, 2.24) is 4.72 Å². The van der Waals surface area contributed by atoms with Crippen molar-refractivity contribution in [3.05, 3.63) is 53.1 Å². The summed E-state index contributed by atoms with van der Waals surface area (Å²) in [5.74, 6) is 1.01. The highest BCUT2D eigenvalue weighted by Gasteiger charge is 2.19. The number of benzene rings is 2. The van der Waals surface area contributed by atoms with Crippen LogP contribution in [0.4, 0.5) is 0 Å². The highest BCUT2D eigenvalue weighted by molar-refractivity contribution is 7.89. The van der Waals surface area contributed by atoms with Crippen LogP contribution in [0.1, 0.15) is 22.8 Å². The van der Waals surface area contributed by atoms with E-state index < -0.39 is 16.1 Å². The van der Waals surface area contributed by atoms with E-state index >= 15 is 0 Å². The Kier molecular flexibility index (Phi) is 6.05. The molecular weight excluding hydrogens is 342 g/mol. The van der Waals surface area contributed by atoms with E-state index in [2.05, 4.69) is 4.72 Å². The van der Waals surface area contributed by atoms with Gasteiger partial charge in [-0.2, -0.15) is 0 Å². The fourth-order valence-electron chi connectivity index (χ4n) is 2.44. The molecule has 136 valence electrons. The second-order valence-corrected chi connectivity index (χ2v) is 7.49. The molecule has 2 aromatic rings. The summed E-state index contributed by atoms with van der Waals surface area (Å²) in [4.78, 5) is 0.215. The maximum atomic E-state index is 12.5. The molecule has 0 aromatic heterocycles. The van der Waals surface area contributed by atoms with Crippen molar-refractivity contribution in [2.45, 2.75) is 24.8 Å². The van der Waals surface area contributed by atoms with E-state index in [-0.39, 0.29) is 11.4 Å². The van der Waals surface area contributed by atoms with Crippen LogP contribution in [0.2, 0.25) is 0 Å². The molecule has 0 spiro atoms. The quantitative estimate of drug-likeness (QED) is 0.787. The summed E-state index contributed by atoms with van der Waals surface area (Å²) in [6.07, 6.45) is -1.01. The second-order valence-electron chi connectivity index (χ2n) is 5.75. The lowest BCUT2D eigenvalue weighted by Crippen LogP contribution is -2.29. The van der Waals surface area contributed by atoms with Crippen LogP contribution in [0.15, 0.2) is 41.3 Å². The van der Waals surface area contributed by atoms with Crippen LogP contribution in [0.3, 0.4) is 0 Å². The first kappa shape index (κ1) is 19.2. The van der Waals surface area contributed by atoms with E-state index in [1.54, 1.807) is 37.3 Å². The van der Waals surface area contributed by atoms with Crippen molar-refractivity contribution in [3.63, 3.8) is 0 Å². The number of hydrogen-bond donors (Lipinski definition) is 2. The summed E-state index contributed by atoms with van der Waals surface area (Å²) in [6, 6.07) is 10.2. The van der Waals surface area contributed by atoms with Gasteiger partial charge in [0.05, 0.1) is 25.2 Å². The molecule has 0 saturated heterocycles. The van der Waals surface area contributed by atoms with E-state index in [1.165, 1.54) is 14.2 Å². The number of ether oxygens (including phenoxy) is 2. The van der Waals surface area contributed by atoms with Gasteiger partial charge in [0.1, 0.15) is 0 Å². The Morgan fingerprint density at radius 1 is 1.04 bits per heavy atom. The normalized spacial score (nSPS) is 12.7. The zero-order valence-electron chi connectivity index (χ0n) is 14.7. The Labute approximate surface area is 148 Å². The van der Waals surface area contributed by atoms with Gasteiger partial charge in [-0.25, -0.2) is 13.1 Å². The van der Waals surface area contributed by atoms with E-state index in [1.807, 2.05) is 13.0 Å². The third kappa shape index (κ3) is 4.50. The molecule has 0 radical (unpaired) electrons. The van der Waals surface area contributed by atoms with Crippen molar-refractivity contribution in [2.24, 2.45) is 0 Å². The molecule has 0 aliphatic heterocycles. The van der Waals surface area contributed by atoms with Crippen LogP contribution in [0, 0.1) is 13.8 Å². The number of sulfonamides is 1. The molecule has 0 aliphatic rings. The number of hydrogen-bond acceptors (Lipinski definition) is 5. The van der Waals surface area contributed by atoms with Crippen molar-refractivity contribution < 1.29 is 23.0 Å². The Bertz CT molecular complexity index is 849. The topological polar surface area (TPSA) is 84.9 Å². The Morgan fingerprint density at radius 3 is 2.36 bits per heavy atom. The Hall–Kier alpha value is -2.09. The van der Waals surface area contributed by atoms with Gasteiger partial charge in [-0.1, -0.05) is 18.2 Å². The first-order valence-electron chi connectivity index (χ1n) is 7.75. The molecule has 1 unspecified atom stereocenters. The van der Waals surface area contributed by atoms with E-state index in [0.717, 1.165) is 5.56 Å². The third-order valence-electron chi connectivity index (χ3n) is 3.89. The molecule has 0 saturated carbocycles. The lowest BCUT2D eigenvalue weighted by atomic mass is 10.1. The fourth-order valence-corrected chi connectivity index (χ4v) is 3.81. The summed E-state index contributed by atoms with van der Waals surface area (Å²) in [7, 11) is -0.694. The van der Waals surface area contributed by atoms with E-state index in [9.17, 15) is 13.5 Å². The minimum Gasteiger partial charge on any atom is -0.493 e. The van der Waals surface area contributed by atoms with Gasteiger partial charge in [-0.05, 0) is 48.7 Å². The Balaban J connectivity index is 2.16. The van der Waals surface area contributed by atoms with Crippen LogP contribution < -0.4 is 14.2 Å². The second kappa shape index (κ2) is 7.86. The zero-order chi connectivity index (χ0) is 18.6. The molecule has 0 amide bonds. The van der Waals surface area contributed by atoms with Crippen molar-refractivity contribution in [1.29, 1.82) is 0 Å². The van der Waals surface area contributed by atoms with Gasteiger partial charge in [0, 0.05) is 6.54 Å². The standard InChI is InChI=1S/C18H23NO5S/c1-12-5-6-13(2)18(9-12)25(21,22)19-11-15(20)14-7-8-16(23-3)17(10-14)24-4/h5-10,15,19-20H,11H2,1-4H3. The summed E-state index contributed by atoms with van der Waals surface area (Å²) in [6.45, 7) is 3.42. The van der Waals surface area contributed by atoms with Crippen LogP contribution in [-0.2, 0) is 10.0 Å². The highest BCUT2D eigenvalue weighted by atomic mass is 32.2. The molecule has 7 heteroatoms. The average molecular weight is 365 g/mol. The fraction of sp³-hybridized carbons (Fsp3) is 0.333. The van der Waals surface area contributed by atoms with Gasteiger partial charge in [-0.15, -0.1) is 0 Å². The van der Waals surface area contributed by atoms with Gasteiger partial charge >= 0.3 is 0 Å². The number of aliphatic hydroxyl groups is 1. The summed E-state index contributed by atoms with van der Waals surface area (Å²) in [5.41, 5.74) is 2.03. The van der Waals surface area contributed by atoms with Gasteiger partial charge in [-0.3, -0.25) is 0 Å². The number of nitrogens with one attached hydrogen (secondary N) is 1. The van der Waals surface area contributed by atoms with E-state index in [4.69, 9.17) is 9.47 Å². The van der Waals surface area contributed by atoms with E-state index in [0.29, 0.717) is 22.6 Å². The molecule has 1 atom stereocenters. The predicted molar refractivity (Wildman–Crippen MR) is 95.6 cm³/mol. The molecule has 6 nitrogen and oxygen atoms in total. The molecule has 2 rings (SSSR count). The molecule has 2 aromatic carbocycles. The zero-order valence-corrected chi connectivity index (χ0v) is 15.6. The summed E-state index contributed by atoms with van der Waals surface area (Å²) >= 11 is 0. The minimum absolute atomic E-state index is 0.148. The van der Waals surface area contributed by atoms with Crippen LogP contribution in [0.5, 0.6) is 11.5 Å². The predicted octanol–water partition coefficient (Wildman–Crippen LogP) is 2.33. The number of aliphatic hydroxyl groups excluding tert-OH is 1. The smallest absolute Gasteiger partial charge is 0.240 e. The molecule has 2 N–H and O–H groups in total. The van der Waals surface area contributed by atoms with Crippen LogP contribution in [0.25, 0.3) is 0 Å². The molecule has 0 aliphatic carbocycles. The first-order chi connectivity index (χ1) is 11.8. The highest BCUT2D eigenvalue weighted by Crippen LogP contribution is 2.30. The SMILES string of the molecule is COc1ccc(C(O)CNS(=O)(=O)c2cc(C)ccc2C)cc1OC. The number of rotatable bonds is 7. The average Bonchev–Trinajstić information content (AvgIpc) is 2.61. The minimum atomic E-state index is -3.71. The number of methoxy groups -OCH3 is 2. The molecule has 0 heterocycles. The van der Waals surface area contributed by atoms with Crippen LogP contribution >= 0.6 is 0 Å². The molecule has 25 heavy (non-hydrogen) atoms. The lowest BCUT2D eigenvalue weighted by Gasteiger charge is -2.16. The van der Waals surface area contributed by atoms with Gasteiger partial charge in [0.15, 0.2) is 11.5 Å². The van der Waals surface area contributed by atoms with Gasteiger partial charge in [0.25, 0.3) is 0 Å². The first-order valence-corrected chi connectivity index (χ1v) is 9.23. The summed E-state index contributed by atoms with van der Waals surface area (Å²) in [5, 5.41) is 10.3. The maximum Gasteiger partial charge on any atom is 0.240 e.